The van der Waals surface area contributed by atoms with Gasteiger partial charge in [-0.15, -0.1) is 24.0 Å². The maximum atomic E-state index is 5.94. The van der Waals surface area contributed by atoms with Crippen molar-refractivity contribution < 1.29 is 0 Å². The molecule has 0 amide bonds. The van der Waals surface area contributed by atoms with Crippen LogP contribution in [0.15, 0.2) is 4.99 Å². The third kappa shape index (κ3) is 6.55. The van der Waals surface area contributed by atoms with Gasteiger partial charge < -0.3 is 10.6 Å². The fourth-order valence-corrected chi connectivity index (χ4v) is 1.92. The van der Waals surface area contributed by atoms with E-state index < -0.39 is 0 Å². The molecule has 96 valence electrons. The molecule has 0 bridgehead atoms. The van der Waals surface area contributed by atoms with E-state index in [0.29, 0.717) is 0 Å². The molecule has 0 spiro atoms. The summed E-state index contributed by atoms with van der Waals surface area (Å²) in [5.74, 6) is 1.54. The highest BCUT2D eigenvalue weighted by molar-refractivity contribution is 14.0. The number of hydrogen-bond acceptors (Lipinski definition) is 1. The van der Waals surface area contributed by atoms with Crippen LogP contribution in [0.3, 0.4) is 0 Å². The summed E-state index contributed by atoms with van der Waals surface area (Å²) in [4.78, 5) is 6.66. The number of likely N-dealkylation sites (tertiary alicyclic amines) is 1. The molecule has 1 fully saturated rings. The number of guanidine groups is 1. The van der Waals surface area contributed by atoms with E-state index in [9.17, 15) is 0 Å². The molecule has 0 aromatic heterocycles. The quantitative estimate of drug-likeness (QED) is 0.370. The lowest BCUT2D eigenvalue weighted by Crippen LogP contribution is -2.40. The van der Waals surface area contributed by atoms with Crippen molar-refractivity contribution in [2.24, 2.45) is 16.6 Å². The predicted molar refractivity (Wildman–Crippen MR) is 81.4 cm³/mol. The highest BCUT2D eigenvalue weighted by atomic mass is 127. The molecule has 1 aliphatic rings. The Morgan fingerprint density at radius 2 is 1.88 bits per heavy atom. The molecular weight excluding hydrogens is 313 g/mol. The van der Waals surface area contributed by atoms with Crippen LogP contribution in [0.1, 0.15) is 46.0 Å². The molecule has 0 aliphatic carbocycles. The molecule has 0 atom stereocenters. The van der Waals surface area contributed by atoms with Crippen molar-refractivity contribution in [2.45, 2.75) is 46.0 Å². The Hall–Kier alpha value is 0. The summed E-state index contributed by atoms with van der Waals surface area (Å²) >= 11 is 0. The summed E-state index contributed by atoms with van der Waals surface area (Å²) in [6, 6.07) is 0. The Labute approximate surface area is 117 Å². The van der Waals surface area contributed by atoms with E-state index in [0.717, 1.165) is 37.9 Å². The van der Waals surface area contributed by atoms with Gasteiger partial charge in [-0.05, 0) is 38.0 Å². The Morgan fingerprint density at radius 3 is 2.44 bits per heavy atom. The minimum atomic E-state index is 0. The lowest BCUT2D eigenvalue weighted by molar-refractivity contribution is 0.338. The predicted octanol–water partition coefficient (Wildman–Crippen LogP) is 2.84. The lowest BCUT2D eigenvalue weighted by atomic mass is 10.1. The Balaban J connectivity index is 0.00000225. The van der Waals surface area contributed by atoms with Crippen molar-refractivity contribution in [3.05, 3.63) is 0 Å². The first kappa shape index (κ1) is 16.0. The molecule has 1 saturated heterocycles. The summed E-state index contributed by atoms with van der Waals surface area (Å²) in [5.41, 5.74) is 5.94. The van der Waals surface area contributed by atoms with Crippen LogP contribution in [0.2, 0.25) is 0 Å². The van der Waals surface area contributed by atoms with Crippen LogP contribution in [-0.2, 0) is 0 Å². The van der Waals surface area contributed by atoms with Crippen molar-refractivity contribution >= 4 is 29.9 Å². The van der Waals surface area contributed by atoms with Crippen LogP contribution >= 0.6 is 24.0 Å². The van der Waals surface area contributed by atoms with Gasteiger partial charge in [-0.2, -0.15) is 0 Å². The van der Waals surface area contributed by atoms with Gasteiger partial charge in [0.1, 0.15) is 0 Å². The van der Waals surface area contributed by atoms with Crippen LogP contribution < -0.4 is 5.73 Å². The molecule has 2 N–H and O–H groups in total. The number of nitrogens with zero attached hydrogens (tertiary/aromatic N) is 2. The molecule has 4 heteroatoms. The second kappa shape index (κ2) is 9.07. The van der Waals surface area contributed by atoms with Crippen molar-refractivity contribution in [3.8, 4) is 0 Å². The SMILES string of the molecule is CC(C)CCCN=C(N)N1CCCCC1.I. The Bertz CT molecular complexity index is 198. The van der Waals surface area contributed by atoms with E-state index in [2.05, 4.69) is 23.7 Å². The van der Waals surface area contributed by atoms with Gasteiger partial charge in [-0.1, -0.05) is 13.8 Å². The first-order valence-corrected chi connectivity index (χ1v) is 6.25. The fourth-order valence-electron chi connectivity index (χ4n) is 1.92. The van der Waals surface area contributed by atoms with Gasteiger partial charge in [0.05, 0.1) is 0 Å². The summed E-state index contributed by atoms with van der Waals surface area (Å²) in [7, 11) is 0. The summed E-state index contributed by atoms with van der Waals surface area (Å²) in [6.45, 7) is 7.58. The second-order valence-electron chi connectivity index (χ2n) is 4.82. The molecule has 1 rings (SSSR count). The molecule has 0 aromatic rings. The van der Waals surface area contributed by atoms with Gasteiger partial charge >= 0.3 is 0 Å². The van der Waals surface area contributed by atoms with Crippen molar-refractivity contribution in [3.63, 3.8) is 0 Å². The van der Waals surface area contributed by atoms with Gasteiger partial charge in [-0.25, -0.2) is 0 Å². The molecule has 0 radical (unpaired) electrons. The van der Waals surface area contributed by atoms with E-state index in [1.54, 1.807) is 0 Å². The highest BCUT2D eigenvalue weighted by Crippen LogP contribution is 2.08. The van der Waals surface area contributed by atoms with E-state index in [-0.39, 0.29) is 24.0 Å². The van der Waals surface area contributed by atoms with Crippen LogP contribution in [0.25, 0.3) is 0 Å². The number of piperidine rings is 1. The maximum Gasteiger partial charge on any atom is 0.191 e. The van der Waals surface area contributed by atoms with Gasteiger partial charge in [0, 0.05) is 19.6 Å². The van der Waals surface area contributed by atoms with Crippen molar-refractivity contribution in [1.29, 1.82) is 0 Å². The van der Waals surface area contributed by atoms with E-state index in [1.165, 1.54) is 25.7 Å². The minimum absolute atomic E-state index is 0. The Kier molecular flexibility index (Phi) is 9.07. The zero-order valence-corrected chi connectivity index (χ0v) is 12.9. The van der Waals surface area contributed by atoms with E-state index in [1.807, 2.05) is 0 Å². The minimum Gasteiger partial charge on any atom is -0.370 e. The summed E-state index contributed by atoms with van der Waals surface area (Å²) in [6.07, 6.45) is 6.28. The number of halogens is 1. The normalized spacial score (nSPS) is 17.4. The molecule has 0 saturated carbocycles. The smallest absolute Gasteiger partial charge is 0.191 e. The van der Waals surface area contributed by atoms with Gasteiger partial charge in [0.25, 0.3) is 0 Å². The monoisotopic (exact) mass is 339 g/mol. The zero-order chi connectivity index (χ0) is 11.1. The average Bonchev–Trinajstić information content (AvgIpc) is 2.25. The molecule has 1 heterocycles. The third-order valence-electron chi connectivity index (χ3n) is 2.89. The molecule has 0 unspecified atom stereocenters. The molecule has 1 aliphatic heterocycles. The topological polar surface area (TPSA) is 41.6 Å². The molecule has 16 heavy (non-hydrogen) atoms. The Morgan fingerprint density at radius 1 is 1.25 bits per heavy atom. The number of nitrogens with two attached hydrogens (primary N) is 1. The first-order valence-electron chi connectivity index (χ1n) is 6.25. The zero-order valence-electron chi connectivity index (χ0n) is 10.6. The number of rotatable bonds is 4. The fraction of sp³-hybridized carbons (Fsp3) is 0.917. The van der Waals surface area contributed by atoms with Crippen LogP contribution in [0.5, 0.6) is 0 Å². The van der Waals surface area contributed by atoms with Crippen LogP contribution in [0, 0.1) is 5.92 Å². The third-order valence-corrected chi connectivity index (χ3v) is 2.89. The molecular formula is C12H26IN3. The van der Waals surface area contributed by atoms with Crippen molar-refractivity contribution in [2.75, 3.05) is 19.6 Å². The standard InChI is InChI=1S/C12H25N3.HI/c1-11(2)7-6-8-14-12(13)15-9-4-3-5-10-15;/h11H,3-10H2,1-2H3,(H2,13,14);1H. The molecule has 0 aromatic carbocycles. The van der Waals surface area contributed by atoms with E-state index in [4.69, 9.17) is 5.73 Å². The number of hydrogen-bond donors (Lipinski definition) is 1. The van der Waals surface area contributed by atoms with E-state index >= 15 is 0 Å². The summed E-state index contributed by atoms with van der Waals surface area (Å²) in [5, 5.41) is 0. The lowest BCUT2D eigenvalue weighted by Gasteiger charge is -2.27. The van der Waals surface area contributed by atoms with Gasteiger partial charge in [-0.3, -0.25) is 4.99 Å². The van der Waals surface area contributed by atoms with Crippen LogP contribution in [0.4, 0.5) is 0 Å². The van der Waals surface area contributed by atoms with Crippen molar-refractivity contribution in [1.82, 2.24) is 4.90 Å². The maximum absolute atomic E-state index is 5.94. The highest BCUT2D eigenvalue weighted by Gasteiger charge is 2.11. The van der Waals surface area contributed by atoms with Gasteiger partial charge in [0.2, 0.25) is 0 Å². The largest absolute Gasteiger partial charge is 0.370 e. The van der Waals surface area contributed by atoms with Gasteiger partial charge in [0.15, 0.2) is 5.96 Å². The first-order chi connectivity index (χ1) is 7.20. The number of aliphatic imine (C=N–C) groups is 1. The summed E-state index contributed by atoms with van der Waals surface area (Å²) < 4.78 is 0. The molecule has 3 nitrogen and oxygen atoms in total. The van der Waals surface area contributed by atoms with Crippen LogP contribution in [-0.4, -0.2) is 30.5 Å². The average molecular weight is 339 g/mol. The second-order valence-corrected chi connectivity index (χ2v) is 4.82.